The van der Waals surface area contributed by atoms with Crippen molar-refractivity contribution in [2.75, 3.05) is 13.1 Å². The summed E-state index contributed by atoms with van der Waals surface area (Å²) in [5, 5.41) is 7.97. The van der Waals surface area contributed by atoms with Crippen molar-refractivity contribution in [1.82, 2.24) is 15.1 Å². The lowest BCUT2D eigenvalue weighted by molar-refractivity contribution is -0.274. The molecule has 1 aliphatic rings. The molecule has 1 saturated heterocycles. The molecule has 0 bridgehead atoms. The van der Waals surface area contributed by atoms with E-state index in [-0.39, 0.29) is 11.3 Å². The van der Waals surface area contributed by atoms with Gasteiger partial charge < -0.3 is 10.1 Å². The average molecular weight is 373 g/mol. The fourth-order valence-electron chi connectivity index (χ4n) is 3.56. The summed E-state index contributed by atoms with van der Waals surface area (Å²) in [6, 6.07) is 16.0. The SMILES string of the molecule is FC(F)(F)Oc1ccc(-c2cnn([C@]3(c4ccccc4)CCNC3)c2)cc1. The highest BCUT2D eigenvalue weighted by atomic mass is 19.4. The van der Waals surface area contributed by atoms with Gasteiger partial charge in [-0.1, -0.05) is 42.5 Å². The van der Waals surface area contributed by atoms with Gasteiger partial charge in [0.1, 0.15) is 11.3 Å². The smallest absolute Gasteiger partial charge is 0.406 e. The number of rotatable bonds is 4. The highest BCUT2D eigenvalue weighted by Gasteiger charge is 2.38. The van der Waals surface area contributed by atoms with E-state index in [0.717, 1.165) is 30.6 Å². The van der Waals surface area contributed by atoms with Gasteiger partial charge in [0.25, 0.3) is 0 Å². The molecule has 0 saturated carbocycles. The molecule has 4 nitrogen and oxygen atoms in total. The van der Waals surface area contributed by atoms with E-state index in [1.165, 1.54) is 17.7 Å². The summed E-state index contributed by atoms with van der Waals surface area (Å²) in [6.45, 7) is 1.67. The van der Waals surface area contributed by atoms with Gasteiger partial charge in [-0.25, -0.2) is 0 Å². The highest BCUT2D eigenvalue weighted by molar-refractivity contribution is 5.62. The summed E-state index contributed by atoms with van der Waals surface area (Å²) >= 11 is 0. The number of hydrogen-bond acceptors (Lipinski definition) is 3. The van der Waals surface area contributed by atoms with Crippen LogP contribution < -0.4 is 10.1 Å². The van der Waals surface area contributed by atoms with E-state index >= 15 is 0 Å². The second-order valence-corrected chi connectivity index (χ2v) is 6.57. The lowest BCUT2D eigenvalue weighted by Gasteiger charge is -2.29. The molecule has 27 heavy (non-hydrogen) atoms. The molecule has 3 aromatic rings. The molecular weight excluding hydrogens is 355 g/mol. The van der Waals surface area contributed by atoms with E-state index in [9.17, 15) is 13.2 Å². The monoisotopic (exact) mass is 373 g/mol. The van der Waals surface area contributed by atoms with E-state index in [0.29, 0.717) is 0 Å². The Balaban J connectivity index is 1.63. The van der Waals surface area contributed by atoms with Crippen LogP contribution in [0.1, 0.15) is 12.0 Å². The van der Waals surface area contributed by atoms with Crippen LogP contribution in [0, 0.1) is 0 Å². The molecule has 1 aromatic heterocycles. The minimum atomic E-state index is -4.69. The van der Waals surface area contributed by atoms with Crippen molar-refractivity contribution in [1.29, 1.82) is 0 Å². The van der Waals surface area contributed by atoms with Crippen molar-refractivity contribution in [2.45, 2.75) is 18.3 Å². The summed E-state index contributed by atoms with van der Waals surface area (Å²) in [5.74, 6) is -0.237. The predicted molar refractivity (Wildman–Crippen MR) is 95.4 cm³/mol. The standard InChI is InChI=1S/C20H18F3N3O/c21-20(22,23)27-18-8-6-15(7-9-18)16-12-25-26(13-16)19(10-11-24-14-19)17-4-2-1-3-5-17/h1-9,12-13,24H,10-11,14H2/t19-/m1/s1. The van der Waals surface area contributed by atoms with Gasteiger partial charge in [0.2, 0.25) is 0 Å². The van der Waals surface area contributed by atoms with Gasteiger partial charge >= 0.3 is 6.36 Å². The lowest BCUT2D eigenvalue weighted by Crippen LogP contribution is -2.37. The fourth-order valence-corrected chi connectivity index (χ4v) is 3.56. The molecule has 7 heteroatoms. The van der Waals surface area contributed by atoms with Crippen LogP contribution in [0.15, 0.2) is 67.0 Å². The maximum atomic E-state index is 12.3. The number of hydrogen-bond donors (Lipinski definition) is 1. The van der Waals surface area contributed by atoms with Gasteiger partial charge in [-0.05, 0) is 36.2 Å². The molecule has 140 valence electrons. The number of nitrogens with zero attached hydrogens (tertiary/aromatic N) is 2. The number of nitrogens with one attached hydrogen (secondary N) is 1. The first kappa shape index (κ1) is 17.6. The van der Waals surface area contributed by atoms with Crippen LogP contribution in [-0.2, 0) is 5.54 Å². The molecule has 0 radical (unpaired) electrons. The van der Waals surface area contributed by atoms with Gasteiger partial charge in [0.05, 0.1) is 6.20 Å². The molecule has 2 aromatic carbocycles. The fraction of sp³-hybridized carbons (Fsp3) is 0.250. The molecule has 0 unspecified atom stereocenters. The second kappa shape index (κ2) is 6.74. The van der Waals surface area contributed by atoms with Gasteiger partial charge in [-0.3, -0.25) is 4.68 Å². The molecule has 1 aliphatic heterocycles. The van der Waals surface area contributed by atoms with Crippen LogP contribution in [0.2, 0.25) is 0 Å². The largest absolute Gasteiger partial charge is 0.573 e. The van der Waals surface area contributed by atoms with E-state index in [1.807, 2.05) is 29.1 Å². The van der Waals surface area contributed by atoms with E-state index < -0.39 is 6.36 Å². The van der Waals surface area contributed by atoms with E-state index in [2.05, 4.69) is 27.3 Å². The van der Waals surface area contributed by atoms with Crippen molar-refractivity contribution >= 4 is 0 Å². The lowest BCUT2D eigenvalue weighted by atomic mass is 9.89. The first-order valence-corrected chi connectivity index (χ1v) is 8.64. The summed E-state index contributed by atoms with van der Waals surface area (Å²) in [5.41, 5.74) is 2.54. The number of alkyl halides is 3. The number of benzene rings is 2. The first-order valence-electron chi connectivity index (χ1n) is 8.64. The van der Waals surface area contributed by atoms with Crippen LogP contribution in [0.3, 0.4) is 0 Å². The van der Waals surface area contributed by atoms with Crippen molar-refractivity contribution in [3.63, 3.8) is 0 Å². The summed E-state index contributed by atoms with van der Waals surface area (Å²) in [7, 11) is 0. The Morgan fingerprint density at radius 1 is 1.00 bits per heavy atom. The van der Waals surface area contributed by atoms with Crippen LogP contribution in [0.25, 0.3) is 11.1 Å². The second-order valence-electron chi connectivity index (χ2n) is 6.57. The van der Waals surface area contributed by atoms with Crippen molar-refractivity contribution in [3.05, 3.63) is 72.6 Å². The molecule has 4 rings (SSSR count). The summed E-state index contributed by atoms with van der Waals surface area (Å²) in [4.78, 5) is 0. The molecule has 1 N–H and O–H groups in total. The predicted octanol–water partition coefficient (Wildman–Crippen LogP) is 4.19. The van der Waals surface area contributed by atoms with Gasteiger partial charge in [-0.2, -0.15) is 5.10 Å². The average Bonchev–Trinajstić information content (AvgIpc) is 3.32. The Hall–Kier alpha value is -2.80. The Kier molecular flexibility index (Phi) is 4.39. The molecule has 2 heterocycles. The van der Waals surface area contributed by atoms with Gasteiger partial charge in [0, 0.05) is 18.3 Å². The summed E-state index contributed by atoms with van der Waals surface area (Å²) in [6.07, 6.45) is -0.0946. The van der Waals surface area contributed by atoms with Crippen molar-refractivity contribution < 1.29 is 17.9 Å². The van der Waals surface area contributed by atoms with Crippen LogP contribution in [-0.4, -0.2) is 29.2 Å². The maximum absolute atomic E-state index is 12.3. The molecule has 0 spiro atoms. The Labute approximate surface area is 154 Å². The zero-order valence-corrected chi connectivity index (χ0v) is 14.4. The van der Waals surface area contributed by atoms with Crippen molar-refractivity contribution in [3.8, 4) is 16.9 Å². The maximum Gasteiger partial charge on any atom is 0.573 e. The Morgan fingerprint density at radius 3 is 2.37 bits per heavy atom. The van der Waals surface area contributed by atoms with E-state index in [4.69, 9.17) is 0 Å². The third-order valence-corrected chi connectivity index (χ3v) is 4.89. The zero-order chi connectivity index (χ0) is 18.9. The normalized spacial score (nSPS) is 20.0. The summed E-state index contributed by atoms with van der Waals surface area (Å²) < 4.78 is 42.8. The molecule has 1 fully saturated rings. The minimum absolute atomic E-state index is 0.237. The quantitative estimate of drug-likeness (QED) is 0.746. The van der Waals surface area contributed by atoms with Gasteiger partial charge in [-0.15, -0.1) is 13.2 Å². The van der Waals surface area contributed by atoms with Gasteiger partial charge in [0.15, 0.2) is 0 Å². The number of aromatic nitrogens is 2. The number of ether oxygens (including phenoxy) is 1. The Bertz CT molecular complexity index is 898. The number of halogens is 3. The minimum Gasteiger partial charge on any atom is -0.406 e. The van der Waals surface area contributed by atoms with Crippen molar-refractivity contribution in [2.24, 2.45) is 0 Å². The highest BCUT2D eigenvalue weighted by Crippen LogP contribution is 2.34. The first-order chi connectivity index (χ1) is 13.0. The molecule has 0 amide bonds. The molecular formula is C20H18F3N3O. The molecule has 0 aliphatic carbocycles. The third kappa shape index (κ3) is 3.55. The van der Waals surface area contributed by atoms with Crippen LogP contribution in [0.5, 0.6) is 5.75 Å². The van der Waals surface area contributed by atoms with Crippen LogP contribution >= 0.6 is 0 Å². The zero-order valence-electron chi connectivity index (χ0n) is 14.4. The Morgan fingerprint density at radius 2 is 1.74 bits per heavy atom. The van der Waals surface area contributed by atoms with Crippen LogP contribution in [0.4, 0.5) is 13.2 Å². The third-order valence-electron chi connectivity index (χ3n) is 4.89. The molecule has 1 atom stereocenters. The van der Waals surface area contributed by atoms with E-state index in [1.54, 1.807) is 18.3 Å². The topological polar surface area (TPSA) is 39.1 Å².